The molecule has 0 unspecified atom stereocenters. The van der Waals surface area contributed by atoms with Crippen LogP contribution < -0.4 is 5.32 Å². The average Bonchev–Trinajstić information content (AvgIpc) is 2.62. The molecule has 0 aliphatic heterocycles. The van der Waals surface area contributed by atoms with Crippen molar-refractivity contribution >= 4 is 43.6 Å². The van der Waals surface area contributed by atoms with Gasteiger partial charge in [0.1, 0.15) is 5.76 Å². The summed E-state index contributed by atoms with van der Waals surface area (Å²) in [4.78, 5) is 12.1. The van der Waals surface area contributed by atoms with E-state index in [0.29, 0.717) is 5.82 Å². The van der Waals surface area contributed by atoms with Crippen molar-refractivity contribution < 1.29 is 9.32 Å². The number of nitrogens with one attached hydrogen (secondary N) is 1. The summed E-state index contributed by atoms with van der Waals surface area (Å²) < 4.78 is 4.93. The van der Waals surface area contributed by atoms with E-state index < -0.39 is 5.41 Å². The highest BCUT2D eigenvalue weighted by Crippen LogP contribution is 2.66. The number of aromatic nitrogens is 1. The zero-order valence-corrected chi connectivity index (χ0v) is 14.0. The normalized spacial score (nSPS) is 25.9. The van der Waals surface area contributed by atoms with E-state index in [9.17, 15) is 4.79 Å². The maximum Gasteiger partial charge on any atom is 0.233 e. The molecule has 6 heteroatoms. The number of hydrogen-bond donors (Lipinski definition) is 1. The van der Waals surface area contributed by atoms with E-state index in [0.717, 1.165) is 12.2 Å². The summed E-state index contributed by atoms with van der Waals surface area (Å²) in [6.07, 6.45) is 0.746. The molecule has 1 N–H and O–H groups in total. The van der Waals surface area contributed by atoms with Gasteiger partial charge in [0.2, 0.25) is 5.91 Å². The van der Waals surface area contributed by atoms with Gasteiger partial charge in [-0.2, -0.15) is 0 Å². The SMILES string of the molecule is CC(C)(C)c1cc(NC(=O)[C@]2(C)CC2(Br)Br)no1. The van der Waals surface area contributed by atoms with Crippen molar-refractivity contribution in [2.24, 2.45) is 5.41 Å². The summed E-state index contributed by atoms with van der Waals surface area (Å²) in [6.45, 7) is 7.99. The number of carbonyl (C=O) groups is 1. The van der Waals surface area contributed by atoms with E-state index in [-0.39, 0.29) is 14.6 Å². The van der Waals surface area contributed by atoms with Gasteiger partial charge in [-0.05, 0) is 13.3 Å². The number of alkyl halides is 2. The lowest BCUT2D eigenvalue weighted by atomic mass is 9.93. The molecule has 2 rings (SSSR count). The van der Waals surface area contributed by atoms with Crippen molar-refractivity contribution in [1.82, 2.24) is 5.16 Å². The highest BCUT2D eigenvalue weighted by atomic mass is 79.9. The Morgan fingerprint density at radius 1 is 1.50 bits per heavy atom. The van der Waals surface area contributed by atoms with Gasteiger partial charge >= 0.3 is 0 Å². The molecule has 0 aromatic carbocycles. The first-order valence-electron chi connectivity index (χ1n) is 5.73. The van der Waals surface area contributed by atoms with Crippen LogP contribution in [0.15, 0.2) is 10.6 Å². The Balaban J connectivity index is 2.08. The lowest BCUT2D eigenvalue weighted by Gasteiger charge is -2.12. The number of amides is 1. The van der Waals surface area contributed by atoms with E-state index in [1.165, 1.54) is 0 Å². The predicted molar refractivity (Wildman–Crippen MR) is 77.1 cm³/mol. The van der Waals surface area contributed by atoms with Gasteiger partial charge in [0.05, 0.1) is 8.65 Å². The molecule has 100 valence electrons. The minimum Gasteiger partial charge on any atom is -0.359 e. The summed E-state index contributed by atoms with van der Waals surface area (Å²) in [6, 6.07) is 1.77. The van der Waals surface area contributed by atoms with Gasteiger partial charge in [-0.3, -0.25) is 4.79 Å². The molecule has 0 bridgehead atoms. The zero-order valence-electron chi connectivity index (χ0n) is 10.8. The lowest BCUT2D eigenvalue weighted by molar-refractivity contribution is -0.120. The van der Waals surface area contributed by atoms with Gasteiger partial charge in [-0.15, -0.1) is 0 Å². The maximum absolute atomic E-state index is 12.1. The van der Waals surface area contributed by atoms with Crippen molar-refractivity contribution in [2.45, 2.75) is 42.8 Å². The molecule has 1 aliphatic rings. The molecule has 0 saturated heterocycles. The molecule has 1 amide bonds. The first-order chi connectivity index (χ1) is 8.06. The Hall–Kier alpha value is -0.360. The molecule has 1 aromatic rings. The summed E-state index contributed by atoms with van der Waals surface area (Å²) in [5.74, 6) is 1.15. The molecule has 18 heavy (non-hydrogen) atoms. The summed E-state index contributed by atoms with van der Waals surface area (Å²) in [7, 11) is 0. The first-order valence-corrected chi connectivity index (χ1v) is 7.31. The summed E-state index contributed by atoms with van der Waals surface area (Å²) in [5.41, 5.74) is -0.568. The molecule has 1 atom stereocenters. The van der Waals surface area contributed by atoms with Gasteiger partial charge in [0, 0.05) is 11.5 Å². The molecule has 4 nitrogen and oxygen atoms in total. The monoisotopic (exact) mass is 378 g/mol. The third-order valence-corrected chi connectivity index (χ3v) is 5.56. The Kier molecular flexibility index (Phi) is 3.18. The number of anilines is 1. The molecular weight excluding hydrogens is 364 g/mol. The van der Waals surface area contributed by atoms with E-state index in [1.54, 1.807) is 6.07 Å². The smallest absolute Gasteiger partial charge is 0.233 e. The topological polar surface area (TPSA) is 55.1 Å². The van der Waals surface area contributed by atoms with Crippen LogP contribution >= 0.6 is 31.9 Å². The molecule has 0 radical (unpaired) electrons. The van der Waals surface area contributed by atoms with Crippen LogP contribution in [-0.4, -0.2) is 14.3 Å². The third kappa shape index (κ3) is 2.37. The second-order valence-corrected chi connectivity index (χ2v) is 9.77. The molecule has 1 saturated carbocycles. The quantitative estimate of drug-likeness (QED) is 0.795. The molecule has 1 heterocycles. The molecule has 1 fully saturated rings. The fourth-order valence-corrected chi connectivity index (χ4v) is 3.07. The molecular formula is C12H16Br2N2O2. The first kappa shape index (κ1) is 14.1. The van der Waals surface area contributed by atoms with E-state index in [1.807, 2.05) is 27.7 Å². The van der Waals surface area contributed by atoms with E-state index in [4.69, 9.17) is 4.52 Å². The second kappa shape index (κ2) is 4.07. The van der Waals surface area contributed by atoms with Crippen LogP contribution in [0.3, 0.4) is 0 Å². The van der Waals surface area contributed by atoms with Crippen LogP contribution in [0, 0.1) is 5.41 Å². The standard InChI is InChI=1S/C12H16Br2N2O2/c1-10(2,3)7-5-8(16-18-7)15-9(17)11(4)6-12(11,13)14/h5H,6H2,1-4H3,(H,15,16,17)/t11-/m0/s1. The van der Waals surface area contributed by atoms with Crippen LogP contribution in [0.5, 0.6) is 0 Å². The Morgan fingerprint density at radius 2 is 2.06 bits per heavy atom. The van der Waals surface area contributed by atoms with Crippen LogP contribution in [0.2, 0.25) is 0 Å². The molecule has 0 spiro atoms. The number of carbonyl (C=O) groups excluding carboxylic acids is 1. The number of hydrogen-bond acceptors (Lipinski definition) is 3. The van der Waals surface area contributed by atoms with Crippen molar-refractivity contribution in [2.75, 3.05) is 5.32 Å². The second-order valence-electron chi connectivity index (χ2n) is 5.99. The summed E-state index contributed by atoms with van der Waals surface area (Å²) in [5, 5.41) is 6.66. The van der Waals surface area contributed by atoms with Crippen molar-refractivity contribution in [3.63, 3.8) is 0 Å². The minimum absolute atomic E-state index is 0.0648. The van der Waals surface area contributed by atoms with Gasteiger partial charge in [-0.25, -0.2) is 0 Å². The number of halogens is 2. The van der Waals surface area contributed by atoms with Crippen molar-refractivity contribution in [3.05, 3.63) is 11.8 Å². The van der Waals surface area contributed by atoms with E-state index >= 15 is 0 Å². The Morgan fingerprint density at radius 3 is 2.44 bits per heavy atom. The van der Waals surface area contributed by atoms with Crippen LogP contribution in [-0.2, 0) is 10.2 Å². The Labute approximate surface area is 123 Å². The fraction of sp³-hybridized carbons (Fsp3) is 0.667. The molecule has 1 aliphatic carbocycles. The van der Waals surface area contributed by atoms with Gasteiger partial charge in [0.25, 0.3) is 0 Å². The van der Waals surface area contributed by atoms with Gasteiger partial charge < -0.3 is 9.84 Å². The van der Waals surface area contributed by atoms with Crippen LogP contribution in [0.4, 0.5) is 5.82 Å². The summed E-state index contributed by atoms with van der Waals surface area (Å²) >= 11 is 6.94. The minimum atomic E-state index is -0.451. The fourth-order valence-electron chi connectivity index (χ4n) is 1.59. The van der Waals surface area contributed by atoms with Gasteiger partial charge in [0.15, 0.2) is 5.82 Å². The maximum atomic E-state index is 12.1. The lowest BCUT2D eigenvalue weighted by Crippen LogP contribution is -2.25. The largest absolute Gasteiger partial charge is 0.359 e. The van der Waals surface area contributed by atoms with Crippen molar-refractivity contribution in [3.8, 4) is 0 Å². The molecule has 1 aromatic heterocycles. The number of nitrogens with zero attached hydrogens (tertiary/aromatic N) is 1. The predicted octanol–water partition coefficient (Wildman–Crippen LogP) is 3.81. The zero-order chi connectivity index (χ0) is 13.8. The highest BCUT2D eigenvalue weighted by Gasteiger charge is 2.66. The third-order valence-electron chi connectivity index (χ3n) is 3.25. The highest BCUT2D eigenvalue weighted by molar-refractivity contribution is 9.25. The van der Waals surface area contributed by atoms with Crippen molar-refractivity contribution in [1.29, 1.82) is 0 Å². The Bertz CT molecular complexity index is 491. The van der Waals surface area contributed by atoms with E-state index in [2.05, 4.69) is 42.3 Å². The number of rotatable bonds is 2. The van der Waals surface area contributed by atoms with Gasteiger partial charge in [-0.1, -0.05) is 57.8 Å². The van der Waals surface area contributed by atoms with Crippen LogP contribution in [0.25, 0.3) is 0 Å². The van der Waals surface area contributed by atoms with Crippen LogP contribution in [0.1, 0.15) is 39.9 Å². The average molecular weight is 380 g/mol.